The Labute approximate surface area is 176 Å². The fourth-order valence-corrected chi connectivity index (χ4v) is 4.69. The Kier molecular flexibility index (Phi) is 8.48. The molecule has 0 fully saturated rings. The van der Waals surface area contributed by atoms with E-state index in [0.29, 0.717) is 42.5 Å². The van der Waals surface area contributed by atoms with Gasteiger partial charge in [0, 0.05) is 31.8 Å². The minimum Gasteiger partial charge on any atom is -0.383 e. The maximum absolute atomic E-state index is 13.1. The zero-order valence-electron chi connectivity index (χ0n) is 16.9. The molecule has 2 amide bonds. The van der Waals surface area contributed by atoms with Gasteiger partial charge >= 0.3 is 6.03 Å². The molecule has 10 heteroatoms. The number of aromatic nitrogens is 2. The fraction of sp³-hybridized carbons (Fsp3) is 0.474. The predicted octanol–water partition coefficient (Wildman–Crippen LogP) is 2.71. The quantitative estimate of drug-likeness (QED) is 0.610. The number of hydrogen-bond acceptors (Lipinski definition) is 5. The zero-order chi connectivity index (χ0) is 21.4. The summed E-state index contributed by atoms with van der Waals surface area (Å²) in [5.41, 5.74) is 1.13. The summed E-state index contributed by atoms with van der Waals surface area (Å²) in [7, 11) is -2.21. The summed E-state index contributed by atoms with van der Waals surface area (Å²) < 4.78 is 32.9. The highest BCUT2D eigenvalue weighted by atomic mass is 35.5. The molecule has 1 aromatic carbocycles. The number of rotatable bonds is 10. The van der Waals surface area contributed by atoms with Crippen molar-refractivity contribution in [3.63, 3.8) is 0 Å². The third-order valence-corrected chi connectivity index (χ3v) is 6.29. The lowest BCUT2D eigenvalue weighted by Crippen LogP contribution is -2.39. The first-order valence-corrected chi connectivity index (χ1v) is 11.4. The van der Waals surface area contributed by atoms with E-state index in [0.717, 1.165) is 0 Å². The second-order valence-electron chi connectivity index (χ2n) is 6.38. The lowest BCUT2D eigenvalue weighted by atomic mass is 10.2. The maximum Gasteiger partial charge on any atom is 0.317 e. The first-order chi connectivity index (χ1) is 13.8. The molecular formula is C19H27ClN4O4S. The van der Waals surface area contributed by atoms with Crippen molar-refractivity contribution >= 4 is 27.5 Å². The molecule has 0 aliphatic rings. The van der Waals surface area contributed by atoms with Crippen molar-refractivity contribution in [2.75, 3.05) is 26.8 Å². The first-order valence-electron chi connectivity index (χ1n) is 9.36. The SMILES string of the molecule is CCNC(=O)N(CC)Cc1cnc(S(=O)(=O)Cc2ccccc2Cl)n1CCOC. The van der Waals surface area contributed by atoms with Gasteiger partial charge in [-0.25, -0.2) is 18.2 Å². The van der Waals surface area contributed by atoms with E-state index >= 15 is 0 Å². The number of imidazole rings is 1. The Morgan fingerprint density at radius 2 is 2.03 bits per heavy atom. The number of methoxy groups -OCH3 is 1. The van der Waals surface area contributed by atoms with Crippen molar-refractivity contribution in [1.82, 2.24) is 19.8 Å². The summed E-state index contributed by atoms with van der Waals surface area (Å²) in [6.45, 7) is 5.54. The number of carbonyl (C=O) groups is 1. The number of amides is 2. The smallest absolute Gasteiger partial charge is 0.317 e. The predicted molar refractivity (Wildman–Crippen MR) is 112 cm³/mol. The van der Waals surface area contributed by atoms with Gasteiger partial charge < -0.3 is 19.5 Å². The molecule has 0 unspecified atom stereocenters. The second-order valence-corrected chi connectivity index (χ2v) is 8.67. The average Bonchev–Trinajstić information content (AvgIpc) is 3.09. The lowest BCUT2D eigenvalue weighted by Gasteiger charge is -2.22. The number of benzene rings is 1. The van der Waals surface area contributed by atoms with Crippen LogP contribution in [0.25, 0.3) is 0 Å². The molecule has 0 spiro atoms. The van der Waals surface area contributed by atoms with E-state index < -0.39 is 9.84 Å². The van der Waals surface area contributed by atoms with E-state index in [1.807, 2.05) is 13.8 Å². The molecule has 0 aliphatic carbocycles. The molecule has 160 valence electrons. The Bertz CT molecular complexity index is 930. The zero-order valence-corrected chi connectivity index (χ0v) is 18.5. The van der Waals surface area contributed by atoms with Gasteiger partial charge in [-0.1, -0.05) is 29.8 Å². The molecule has 2 rings (SSSR count). The number of hydrogen-bond donors (Lipinski definition) is 1. The molecule has 0 radical (unpaired) electrons. The monoisotopic (exact) mass is 442 g/mol. The largest absolute Gasteiger partial charge is 0.383 e. The van der Waals surface area contributed by atoms with Crippen molar-refractivity contribution in [1.29, 1.82) is 0 Å². The van der Waals surface area contributed by atoms with Gasteiger partial charge in [-0.2, -0.15) is 0 Å². The van der Waals surface area contributed by atoms with Gasteiger partial charge in [-0.05, 0) is 25.5 Å². The van der Waals surface area contributed by atoms with Crippen LogP contribution in [0.15, 0.2) is 35.6 Å². The molecule has 0 aliphatic heterocycles. The van der Waals surface area contributed by atoms with E-state index in [1.165, 1.54) is 6.20 Å². The van der Waals surface area contributed by atoms with Gasteiger partial charge in [-0.3, -0.25) is 0 Å². The summed E-state index contributed by atoms with van der Waals surface area (Å²) >= 11 is 6.14. The van der Waals surface area contributed by atoms with Crippen LogP contribution in [0.4, 0.5) is 4.79 Å². The highest BCUT2D eigenvalue weighted by Crippen LogP contribution is 2.23. The molecule has 2 aromatic rings. The fourth-order valence-electron chi connectivity index (χ4n) is 2.86. The molecule has 8 nitrogen and oxygen atoms in total. The Morgan fingerprint density at radius 3 is 2.66 bits per heavy atom. The summed E-state index contributed by atoms with van der Waals surface area (Å²) in [6.07, 6.45) is 1.50. The van der Waals surface area contributed by atoms with Crippen LogP contribution >= 0.6 is 11.6 Å². The van der Waals surface area contributed by atoms with Gasteiger partial charge in [0.25, 0.3) is 0 Å². The van der Waals surface area contributed by atoms with E-state index in [9.17, 15) is 13.2 Å². The normalized spacial score (nSPS) is 11.4. The molecule has 29 heavy (non-hydrogen) atoms. The second kappa shape index (κ2) is 10.6. The Balaban J connectivity index is 2.37. The molecule has 0 saturated carbocycles. The van der Waals surface area contributed by atoms with Crippen molar-refractivity contribution in [3.05, 3.63) is 46.7 Å². The van der Waals surface area contributed by atoms with Crippen LogP contribution in [-0.2, 0) is 33.4 Å². The van der Waals surface area contributed by atoms with E-state index in [4.69, 9.17) is 16.3 Å². The van der Waals surface area contributed by atoms with Gasteiger partial charge in [-0.15, -0.1) is 0 Å². The number of sulfone groups is 1. The number of urea groups is 1. The highest BCUT2D eigenvalue weighted by Gasteiger charge is 2.26. The van der Waals surface area contributed by atoms with Crippen molar-refractivity contribution in [3.8, 4) is 0 Å². The number of ether oxygens (including phenoxy) is 1. The number of nitrogens with one attached hydrogen (secondary N) is 1. The van der Waals surface area contributed by atoms with Crippen LogP contribution in [0, 0.1) is 0 Å². The minimum atomic E-state index is -3.76. The topological polar surface area (TPSA) is 93.5 Å². The van der Waals surface area contributed by atoms with Crippen LogP contribution in [0.3, 0.4) is 0 Å². The van der Waals surface area contributed by atoms with E-state index in [1.54, 1.807) is 40.8 Å². The highest BCUT2D eigenvalue weighted by molar-refractivity contribution is 7.90. The van der Waals surface area contributed by atoms with Crippen LogP contribution in [0.1, 0.15) is 25.1 Å². The van der Waals surface area contributed by atoms with E-state index in [-0.39, 0.29) is 23.5 Å². The third-order valence-electron chi connectivity index (χ3n) is 4.35. The lowest BCUT2D eigenvalue weighted by molar-refractivity contribution is 0.180. The van der Waals surface area contributed by atoms with Crippen LogP contribution in [0.2, 0.25) is 5.02 Å². The van der Waals surface area contributed by atoms with Crippen LogP contribution < -0.4 is 5.32 Å². The summed E-state index contributed by atoms with van der Waals surface area (Å²) in [6, 6.07) is 6.61. The molecule has 1 aromatic heterocycles. The molecule has 1 N–H and O–H groups in total. The minimum absolute atomic E-state index is 0.0589. The van der Waals surface area contributed by atoms with Crippen LogP contribution in [0.5, 0.6) is 0 Å². The van der Waals surface area contributed by atoms with Gasteiger partial charge in [0.15, 0.2) is 0 Å². The summed E-state index contributed by atoms with van der Waals surface area (Å²) in [4.78, 5) is 18.0. The molecule has 0 atom stereocenters. The molecule has 0 saturated heterocycles. The van der Waals surface area contributed by atoms with Gasteiger partial charge in [0.05, 0.1) is 30.8 Å². The number of nitrogens with zero attached hydrogens (tertiary/aromatic N) is 3. The van der Waals surface area contributed by atoms with Crippen molar-refractivity contribution < 1.29 is 17.9 Å². The first kappa shape index (κ1) is 23.2. The van der Waals surface area contributed by atoms with Crippen molar-refractivity contribution in [2.24, 2.45) is 0 Å². The third kappa shape index (κ3) is 5.94. The number of carbonyl (C=O) groups excluding carboxylic acids is 1. The van der Waals surface area contributed by atoms with Gasteiger partial charge in [0.2, 0.25) is 15.0 Å². The average molecular weight is 443 g/mol. The summed E-state index contributed by atoms with van der Waals surface area (Å²) in [5.74, 6) is -0.260. The Hall–Kier alpha value is -2.10. The summed E-state index contributed by atoms with van der Waals surface area (Å²) in [5, 5.41) is 3.08. The molecular weight excluding hydrogens is 416 g/mol. The standard InChI is InChI=1S/C19H27ClN4O4S/c1-4-21-18(25)23(5-2)13-16-12-22-19(24(16)10-11-28-3)29(26,27)14-15-8-6-7-9-17(15)20/h6-9,12H,4-5,10-11,13-14H2,1-3H3,(H,21,25). The Morgan fingerprint density at radius 1 is 1.31 bits per heavy atom. The maximum atomic E-state index is 13.1. The van der Waals surface area contributed by atoms with E-state index in [2.05, 4.69) is 10.3 Å². The van der Waals surface area contributed by atoms with Crippen molar-refractivity contribution in [2.45, 2.75) is 37.8 Å². The van der Waals surface area contributed by atoms with Gasteiger partial charge in [0.1, 0.15) is 0 Å². The van der Waals surface area contributed by atoms with Crippen LogP contribution in [-0.4, -0.2) is 55.7 Å². The number of halogens is 1. The molecule has 0 bridgehead atoms. The molecule has 1 heterocycles.